The standard InChI is InChI=1S/C11H22N2O2/c1-10(14)12-6-9-13-7-3-4-11(2,15)5-8-13/h15H,3-9H2,1-2H3,(H,12,14). The Labute approximate surface area is 91.6 Å². The number of carbonyl (C=O) groups is 1. The number of carbonyl (C=O) groups excluding carboxylic acids is 1. The summed E-state index contributed by atoms with van der Waals surface area (Å²) in [5.41, 5.74) is -0.497. The Hall–Kier alpha value is -0.610. The van der Waals surface area contributed by atoms with E-state index in [1.54, 1.807) is 0 Å². The zero-order chi connectivity index (χ0) is 11.3. The third kappa shape index (κ3) is 5.14. The first-order valence-corrected chi connectivity index (χ1v) is 5.69. The minimum Gasteiger partial charge on any atom is -0.390 e. The first-order valence-electron chi connectivity index (χ1n) is 5.69. The number of nitrogens with zero attached hydrogens (tertiary/aromatic N) is 1. The zero-order valence-electron chi connectivity index (χ0n) is 9.75. The van der Waals surface area contributed by atoms with Crippen LogP contribution in [0.3, 0.4) is 0 Å². The summed E-state index contributed by atoms with van der Waals surface area (Å²) in [6.07, 6.45) is 2.74. The molecule has 1 atom stereocenters. The van der Waals surface area contributed by atoms with Gasteiger partial charge in [0.05, 0.1) is 5.60 Å². The summed E-state index contributed by atoms with van der Waals surface area (Å²) in [5, 5.41) is 12.7. The Balaban J connectivity index is 2.23. The first-order chi connectivity index (χ1) is 6.99. The molecule has 1 aliphatic rings. The highest BCUT2D eigenvalue weighted by Gasteiger charge is 2.24. The van der Waals surface area contributed by atoms with E-state index in [2.05, 4.69) is 10.2 Å². The van der Waals surface area contributed by atoms with Crippen LogP contribution in [0.5, 0.6) is 0 Å². The van der Waals surface area contributed by atoms with Crippen molar-refractivity contribution in [1.29, 1.82) is 0 Å². The van der Waals surface area contributed by atoms with E-state index < -0.39 is 5.60 Å². The normalized spacial score (nSPS) is 28.5. The maximum Gasteiger partial charge on any atom is 0.216 e. The molecule has 1 amide bonds. The molecule has 4 heteroatoms. The van der Waals surface area contributed by atoms with Gasteiger partial charge in [-0.05, 0) is 32.7 Å². The van der Waals surface area contributed by atoms with Crippen LogP contribution in [0.2, 0.25) is 0 Å². The van der Waals surface area contributed by atoms with Crippen LogP contribution in [-0.4, -0.2) is 47.7 Å². The minimum atomic E-state index is -0.497. The van der Waals surface area contributed by atoms with Gasteiger partial charge in [0.15, 0.2) is 0 Å². The highest BCUT2D eigenvalue weighted by molar-refractivity contribution is 5.72. The van der Waals surface area contributed by atoms with Crippen LogP contribution in [0.15, 0.2) is 0 Å². The molecule has 0 aromatic rings. The van der Waals surface area contributed by atoms with Crippen LogP contribution < -0.4 is 5.32 Å². The molecule has 1 heterocycles. The summed E-state index contributed by atoms with van der Waals surface area (Å²) in [6, 6.07) is 0. The Morgan fingerprint density at radius 1 is 1.47 bits per heavy atom. The van der Waals surface area contributed by atoms with Crippen molar-refractivity contribution in [2.75, 3.05) is 26.2 Å². The van der Waals surface area contributed by atoms with E-state index in [0.717, 1.165) is 38.9 Å². The molecule has 0 bridgehead atoms. The van der Waals surface area contributed by atoms with Gasteiger partial charge in [-0.2, -0.15) is 0 Å². The molecule has 0 aromatic heterocycles. The zero-order valence-corrected chi connectivity index (χ0v) is 9.75. The molecule has 0 radical (unpaired) electrons. The van der Waals surface area contributed by atoms with E-state index in [-0.39, 0.29) is 5.91 Å². The van der Waals surface area contributed by atoms with E-state index in [1.165, 1.54) is 6.92 Å². The molecule has 1 saturated heterocycles. The fourth-order valence-electron chi connectivity index (χ4n) is 1.93. The van der Waals surface area contributed by atoms with Crippen molar-refractivity contribution in [3.05, 3.63) is 0 Å². The third-order valence-corrected chi connectivity index (χ3v) is 2.96. The van der Waals surface area contributed by atoms with Crippen LogP contribution in [0, 0.1) is 0 Å². The molecule has 15 heavy (non-hydrogen) atoms. The van der Waals surface area contributed by atoms with Crippen LogP contribution in [-0.2, 0) is 4.79 Å². The molecule has 0 saturated carbocycles. The lowest BCUT2D eigenvalue weighted by Crippen LogP contribution is -2.35. The van der Waals surface area contributed by atoms with Crippen molar-refractivity contribution >= 4 is 5.91 Å². The van der Waals surface area contributed by atoms with Gasteiger partial charge in [0.2, 0.25) is 5.91 Å². The van der Waals surface area contributed by atoms with Gasteiger partial charge >= 0.3 is 0 Å². The second-order valence-corrected chi connectivity index (χ2v) is 4.68. The van der Waals surface area contributed by atoms with Crippen molar-refractivity contribution < 1.29 is 9.90 Å². The number of hydrogen-bond donors (Lipinski definition) is 2. The van der Waals surface area contributed by atoms with E-state index in [0.29, 0.717) is 6.54 Å². The molecule has 88 valence electrons. The summed E-state index contributed by atoms with van der Waals surface area (Å²) in [4.78, 5) is 13.0. The van der Waals surface area contributed by atoms with Gasteiger partial charge in [-0.1, -0.05) is 0 Å². The van der Waals surface area contributed by atoms with Gasteiger partial charge in [-0.25, -0.2) is 0 Å². The van der Waals surface area contributed by atoms with Gasteiger partial charge < -0.3 is 15.3 Å². The topological polar surface area (TPSA) is 52.6 Å². The fourth-order valence-corrected chi connectivity index (χ4v) is 1.93. The van der Waals surface area contributed by atoms with Crippen molar-refractivity contribution in [3.63, 3.8) is 0 Å². The number of rotatable bonds is 3. The molecule has 2 N–H and O–H groups in total. The quantitative estimate of drug-likeness (QED) is 0.713. The fraction of sp³-hybridized carbons (Fsp3) is 0.909. The molecule has 1 fully saturated rings. The minimum absolute atomic E-state index is 0.0248. The second-order valence-electron chi connectivity index (χ2n) is 4.68. The van der Waals surface area contributed by atoms with Crippen molar-refractivity contribution in [2.45, 2.75) is 38.7 Å². The van der Waals surface area contributed by atoms with E-state index in [4.69, 9.17) is 0 Å². The second kappa shape index (κ2) is 5.47. The van der Waals surface area contributed by atoms with Crippen molar-refractivity contribution in [1.82, 2.24) is 10.2 Å². The monoisotopic (exact) mass is 214 g/mol. The summed E-state index contributed by atoms with van der Waals surface area (Å²) < 4.78 is 0. The van der Waals surface area contributed by atoms with Gasteiger partial charge in [0.25, 0.3) is 0 Å². The van der Waals surface area contributed by atoms with Gasteiger partial charge in [-0.15, -0.1) is 0 Å². The van der Waals surface area contributed by atoms with E-state index in [1.807, 2.05) is 6.92 Å². The number of amides is 1. The summed E-state index contributed by atoms with van der Waals surface area (Å²) in [6.45, 7) is 6.98. The lowest BCUT2D eigenvalue weighted by molar-refractivity contribution is -0.119. The molecule has 1 rings (SSSR count). The Morgan fingerprint density at radius 2 is 2.20 bits per heavy atom. The lowest BCUT2D eigenvalue weighted by atomic mass is 9.98. The average molecular weight is 214 g/mol. The van der Waals surface area contributed by atoms with Gasteiger partial charge in [-0.3, -0.25) is 4.79 Å². The number of likely N-dealkylation sites (tertiary alicyclic amines) is 1. The van der Waals surface area contributed by atoms with Crippen molar-refractivity contribution in [2.24, 2.45) is 0 Å². The lowest BCUT2D eigenvalue weighted by Gasteiger charge is -2.22. The average Bonchev–Trinajstić information content (AvgIpc) is 2.27. The molecule has 0 spiro atoms. The number of hydrogen-bond acceptors (Lipinski definition) is 3. The molecule has 1 aliphatic heterocycles. The first kappa shape index (κ1) is 12.5. The van der Waals surface area contributed by atoms with Crippen LogP contribution >= 0.6 is 0 Å². The highest BCUT2D eigenvalue weighted by Crippen LogP contribution is 2.20. The van der Waals surface area contributed by atoms with Gasteiger partial charge in [0.1, 0.15) is 0 Å². The maximum atomic E-state index is 10.7. The number of nitrogens with one attached hydrogen (secondary N) is 1. The molecule has 0 aromatic carbocycles. The summed E-state index contributed by atoms with van der Waals surface area (Å²) in [5.74, 6) is 0.0248. The Kier molecular flexibility index (Phi) is 4.54. The smallest absolute Gasteiger partial charge is 0.216 e. The maximum absolute atomic E-state index is 10.7. The van der Waals surface area contributed by atoms with Crippen LogP contribution in [0.4, 0.5) is 0 Å². The Morgan fingerprint density at radius 3 is 2.87 bits per heavy atom. The van der Waals surface area contributed by atoms with Crippen LogP contribution in [0.1, 0.15) is 33.1 Å². The van der Waals surface area contributed by atoms with Crippen molar-refractivity contribution in [3.8, 4) is 0 Å². The molecular formula is C11H22N2O2. The van der Waals surface area contributed by atoms with Crippen LogP contribution in [0.25, 0.3) is 0 Å². The predicted octanol–water partition coefficient (Wildman–Crippen LogP) is 0.359. The largest absolute Gasteiger partial charge is 0.390 e. The SMILES string of the molecule is CC(=O)NCCN1CCCC(C)(O)CC1. The van der Waals surface area contributed by atoms with E-state index in [9.17, 15) is 9.90 Å². The predicted molar refractivity (Wildman–Crippen MR) is 59.6 cm³/mol. The third-order valence-electron chi connectivity index (χ3n) is 2.96. The molecule has 1 unspecified atom stereocenters. The molecular weight excluding hydrogens is 192 g/mol. The highest BCUT2D eigenvalue weighted by atomic mass is 16.3. The number of aliphatic hydroxyl groups is 1. The summed E-state index contributed by atoms with van der Waals surface area (Å²) >= 11 is 0. The van der Waals surface area contributed by atoms with E-state index >= 15 is 0 Å². The van der Waals surface area contributed by atoms with Gasteiger partial charge in [0, 0.05) is 26.6 Å². The molecule has 0 aliphatic carbocycles. The summed E-state index contributed by atoms with van der Waals surface area (Å²) in [7, 11) is 0. The Bertz CT molecular complexity index is 217. The molecule has 4 nitrogen and oxygen atoms in total.